The fourth-order valence-electron chi connectivity index (χ4n) is 2.09. The molecule has 3 nitrogen and oxygen atoms in total. The van der Waals surface area contributed by atoms with Crippen LogP contribution >= 0.6 is 12.4 Å². The summed E-state index contributed by atoms with van der Waals surface area (Å²) < 4.78 is 3.50. The summed E-state index contributed by atoms with van der Waals surface area (Å²) >= 11 is -2.47. The number of halogens is 1. The van der Waals surface area contributed by atoms with Gasteiger partial charge in [-0.05, 0) is 0 Å². The summed E-state index contributed by atoms with van der Waals surface area (Å²) in [5.41, 5.74) is 0. The van der Waals surface area contributed by atoms with Gasteiger partial charge in [0, 0.05) is 0 Å². The van der Waals surface area contributed by atoms with Crippen molar-refractivity contribution in [1.29, 1.82) is 0 Å². The molecule has 0 spiro atoms. The summed E-state index contributed by atoms with van der Waals surface area (Å²) in [5, 5.41) is 0. The van der Waals surface area contributed by atoms with Crippen molar-refractivity contribution >= 4 is 19.9 Å². The number of nitrogens with zero attached hydrogens (tertiary/aromatic N) is 3. The summed E-state index contributed by atoms with van der Waals surface area (Å²) in [6.45, 7) is 0. The first-order chi connectivity index (χ1) is 9.45. The zero-order valence-corrected chi connectivity index (χ0v) is 14.4. The second-order valence-corrected chi connectivity index (χ2v) is 10.7. The van der Waals surface area contributed by atoms with Gasteiger partial charge >= 0.3 is 123 Å². The minimum atomic E-state index is -2.47. The molecule has 0 aromatic carbocycles. The standard InChI is InChI=1S/3C5H4N.ClH.Y/c3*1-2-4-6-5-3-1;;/h3*1-4H;1H;. The molecular formula is C15H13ClN3Y. The van der Waals surface area contributed by atoms with Crippen LogP contribution in [-0.4, -0.2) is 15.0 Å². The van der Waals surface area contributed by atoms with Gasteiger partial charge in [0.25, 0.3) is 0 Å². The quantitative estimate of drug-likeness (QED) is 0.705. The van der Waals surface area contributed by atoms with Gasteiger partial charge in [0.15, 0.2) is 0 Å². The van der Waals surface area contributed by atoms with E-state index in [-0.39, 0.29) is 12.4 Å². The normalized spacial score (nSPS) is 9.60. The molecule has 0 amide bonds. The molecule has 0 fully saturated rings. The fraction of sp³-hybridized carbons (Fsp3) is 0. The molecule has 0 unspecified atom stereocenters. The second-order valence-electron chi connectivity index (χ2n) is 4.20. The Morgan fingerprint density at radius 3 is 1.15 bits per heavy atom. The van der Waals surface area contributed by atoms with Gasteiger partial charge in [-0.2, -0.15) is 0 Å². The fourth-order valence-corrected chi connectivity index (χ4v) is 8.30. The van der Waals surface area contributed by atoms with Crippen LogP contribution in [0.15, 0.2) is 73.2 Å². The molecule has 3 aromatic rings. The zero-order valence-electron chi connectivity index (χ0n) is 10.8. The van der Waals surface area contributed by atoms with Crippen molar-refractivity contribution in [3.05, 3.63) is 73.2 Å². The van der Waals surface area contributed by atoms with Crippen molar-refractivity contribution < 1.29 is 27.4 Å². The molecule has 0 aliphatic rings. The number of hydrogen-bond acceptors (Lipinski definition) is 3. The molecular weight excluding hydrogens is 347 g/mol. The molecule has 0 atom stereocenters. The predicted octanol–water partition coefficient (Wildman–Crippen LogP) is 1.19. The predicted molar refractivity (Wildman–Crippen MR) is 78.9 cm³/mol. The van der Waals surface area contributed by atoms with E-state index < -0.39 is 27.4 Å². The topological polar surface area (TPSA) is 38.7 Å². The molecule has 3 rings (SSSR count). The van der Waals surface area contributed by atoms with Crippen molar-refractivity contribution in [3.8, 4) is 0 Å². The minimum absolute atomic E-state index is 0. The molecule has 0 saturated heterocycles. The maximum atomic E-state index is 4.55. The molecule has 0 saturated carbocycles. The molecule has 98 valence electrons. The van der Waals surface area contributed by atoms with Crippen molar-refractivity contribution in [2.24, 2.45) is 0 Å². The number of rotatable bonds is 3. The molecule has 3 heterocycles. The van der Waals surface area contributed by atoms with E-state index in [2.05, 4.69) is 33.2 Å². The van der Waals surface area contributed by atoms with Gasteiger partial charge in [-0.15, -0.1) is 12.4 Å². The van der Waals surface area contributed by atoms with Crippen LogP contribution in [0.3, 0.4) is 0 Å². The number of pyridine rings is 3. The van der Waals surface area contributed by atoms with Crippen LogP contribution in [0.5, 0.6) is 0 Å². The molecule has 3 aromatic heterocycles. The Labute approximate surface area is 134 Å². The third-order valence-corrected chi connectivity index (χ3v) is 9.83. The second kappa shape index (κ2) is 7.58. The number of aromatic nitrogens is 3. The Morgan fingerprint density at radius 2 is 0.900 bits per heavy atom. The van der Waals surface area contributed by atoms with E-state index in [4.69, 9.17) is 0 Å². The van der Waals surface area contributed by atoms with Gasteiger partial charge in [-0.3, -0.25) is 0 Å². The van der Waals surface area contributed by atoms with E-state index in [0.717, 1.165) is 0 Å². The molecule has 0 N–H and O–H groups in total. The molecule has 0 bridgehead atoms. The van der Waals surface area contributed by atoms with Gasteiger partial charge in [0.1, 0.15) is 0 Å². The van der Waals surface area contributed by atoms with Crippen LogP contribution in [0.25, 0.3) is 0 Å². The van der Waals surface area contributed by atoms with Gasteiger partial charge in [-0.1, -0.05) is 0 Å². The third kappa shape index (κ3) is 3.48. The first-order valence-corrected chi connectivity index (χ1v) is 10.4. The van der Waals surface area contributed by atoms with Crippen molar-refractivity contribution in [1.82, 2.24) is 15.0 Å². The summed E-state index contributed by atoms with van der Waals surface area (Å²) in [7, 11) is 0. The Morgan fingerprint density at radius 1 is 0.550 bits per heavy atom. The first-order valence-electron chi connectivity index (χ1n) is 6.18. The first kappa shape index (κ1) is 15.2. The van der Waals surface area contributed by atoms with E-state index >= 15 is 0 Å². The van der Waals surface area contributed by atoms with Crippen molar-refractivity contribution in [3.63, 3.8) is 0 Å². The van der Waals surface area contributed by atoms with E-state index in [1.54, 1.807) is 0 Å². The summed E-state index contributed by atoms with van der Waals surface area (Å²) in [6, 6.07) is 18.3. The average Bonchev–Trinajstić information content (AvgIpc) is 2.51. The third-order valence-electron chi connectivity index (χ3n) is 2.95. The monoisotopic (exact) mass is 359 g/mol. The van der Waals surface area contributed by atoms with Gasteiger partial charge in [0.05, 0.1) is 0 Å². The SMILES string of the molecule is Cl.c1cc[c]([Y]([c]2ccccn2)[c]2ccccn2)nc1. The van der Waals surface area contributed by atoms with E-state index in [0.29, 0.717) is 0 Å². The van der Waals surface area contributed by atoms with Crippen LogP contribution in [0.2, 0.25) is 0 Å². The molecule has 0 radical (unpaired) electrons. The van der Waals surface area contributed by atoms with Crippen LogP contribution < -0.4 is 7.51 Å². The van der Waals surface area contributed by atoms with Crippen LogP contribution in [0, 0.1) is 0 Å². The van der Waals surface area contributed by atoms with E-state index in [1.807, 2.05) is 55.0 Å². The Kier molecular flexibility index (Phi) is 5.77. The van der Waals surface area contributed by atoms with Gasteiger partial charge < -0.3 is 0 Å². The number of hydrogen-bond donors (Lipinski definition) is 0. The Balaban J connectivity index is 0.00000147. The molecule has 20 heavy (non-hydrogen) atoms. The summed E-state index contributed by atoms with van der Waals surface area (Å²) in [6.07, 6.45) is 5.56. The molecule has 0 aliphatic heterocycles. The Hall–Kier alpha value is -1.16. The summed E-state index contributed by atoms with van der Waals surface area (Å²) in [4.78, 5) is 13.6. The van der Waals surface area contributed by atoms with Crippen molar-refractivity contribution in [2.75, 3.05) is 0 Å². The van der Waals surface area contributed by atoms with Crippen LogP contribution in [0.4, 0.5) is 0 Å². The van der Waals surface area contributed by atoms with Crippen LogP contribution in [0.1, 0.15) is 0 Å². The van der Waals surface area contributed by atoms with Gasteiger partial charge in [0.2, 0.25) is 0 Å². The average molecular weight is 360 g/mol. The van der Waals surface area contributed by atoms with Crippen LogP contribution in [-0.2, 0) is 27.4 Å². The maximum absolute atomic E-state index is 4.55. The summed E-state index contributed by atoms with van der Waals surface area (Å²) in [5.74, 6) is 0. The molecule has 5 heteroatoms. The molecule has 0 aliphatic carbocycles. The zero-order chi connectivity index (χ0) is 12.9. The van der Waals surface area contributed by atoms with E-state index in [1.165, 1.54) is 7.51 Å². The van der Waals surface area contributed by atoms with Crippen molar-refractivity contribution in [2.45, 2.75) is 0 Å². The van der Waals surface area contributed by atoms with E-state index in [9.17, 15) is 0 Å². The Bertz CT molecular complexity index is 541. The van der Waals surface area contributed by atoms with Gasteiger partial charge in [-0.25, -0.2) is 0 Å².